The van der Waals surface area contributed by atoms with E-state index in [4.69, 9.17) is 0 Å². The molecular formula is C16H22Ti. The van der Waals surface area contributed by atoms with Gasteiger partial charge in [-0.2, -0.15) is 36.4 Å². The quantitative estimate of drug-likeness (QED) is 0.507. The third kappa shape index (κ3) is 18.0. The summed E-state index contributed by atoms with van der Waals surface area (Å²) in [6, 6.07) is 20.0. The predicted molar refractivity (Wildman–Crippen MR) is 73.2 cm³/mol. The topological polar surface area (TPSA) is 0 Å². The van der Waals surface area contributed by atoms with Crippen molar-refractivity contribution in [2.75, 3.05) is 0 Å². The fourth-order valence-electron chi connectivity index (χ4n) is 0.642. The zero-order chi connectivity index (χ0) is 12.3. The molecule has 0 amide bonds. The Morgan fingerprint density at radius 1 is 0.882 bits per heavy atom. The average Bonchev–Trinajstić information content (AvgIpc) is 2.95. The van der Waals surface area contributed by atoms with Crippen molar-refractivity contribution < 1.29 is 21.7 Å². The zero-order valence-electron chi connectivity index (χ0n) is 10.9. The van der Waals surface area contributed by atoms with E-state index in [0.717, 1.165) is 6.42 Å². The molecule has 0 unspecified atom stereocenters. The second kappa shape index (κ2) is 11.9. The van der Waals surface area contributed by atoms with Gasteiger partial charge < -0.3 is 13.8 Å². The number of hydrogen-bond donors (Lipinski definition) is 0. The first kappa shape index (κ1) is 18.8. The predicted octanol–water partition coefficient (Wildman–Crippen LogP) is 4.88. The smallest absolute Gasteiger partial charge is 0.367 e. The van der Waals surface area contributed by atoms with E-state index in [0.29, 0.717) is 0 Å². The van der Waals surface area contributed by atoms with Crippen LogP contribution < -0.4 is 0 Å². The number of rotatable bonds is 1. The van der Waals surface area contributed by atoms with Crippen LogP contribution in [0.5, 0.6) is 0 Å². The Bertz CT molecular complexity index is 224. The van der Waals surface area contributed by atoms with E-state index < -0.39 is 0 Å². The summed E-state index contributed by atoms with van der Waals surface area (Å²) in [6.07, 6.45) is 1.05. The van der Waals surface area contributed by atoms with Crippen LogP contribution in [-0.4, -0.2) is 0 Å². The molecular weight excluding hydrogens is 240 g/mol. The Balaban J connectivity index is 0. The summed E-state index contributed by atoms with van der Waals surface area (Å²) in [7, 11) is 0. The molecule has 17 heavy (non-hydrogen) atoms. The SMILES string of the molecule is [CH2-]C([CH2-])(C)CC.[Ti+4].c1cc[cH-]c1.c1cc[cH-]c1. The standard InChI is InChI=1S/C6H12.2C5H5.Ti/c1-5-6(2,3)4;2*1-2-4-5-3-1;/h2-3,5H2,1,4H3;2*1-5H;/q-2;2*-1;+4. The molecule has 1 heteroatoms. The summed E-state index contributed by atoms with van der Waals surface area (Å²) >= 11 is 0. The van der Waals surface area contributed by atoms with Crippen LogP contribution in [0.2, 0.25) is 0 Å². The largest absolute Gasteiger partial charge is 4.00 e. The molecule has 2 rings (SSSR count). The van der Waals surface area contributed by atoms with Crippen LogP contribution in [0.1, 0.15) is 20.3 Å². The average molecular weight is 262 g/mol. The molecule has 0 nitrogen and oxygen atoms in total. The van der Waals surface area contributed by atoms with Gasteiger partial charge in [0, 0.05) is 0 Å². The minimum Gasteiger partial charge on any atom is -0.367 e. The van der Waals surface area contributed by atoms with Gasteiger partial charge in [0.25, 0.3) is 0 Å². The van der Waals surface area contributed by atoms with E-state index in [-0.39, 0.29) is 27.1 Å². The van der Waals surface area contributed by atoms with Crippen molar-refractivity contribution >= 4 is 0 Å². The van der Waals surface area contributed by atoms with Crippen LogP contribution in [0.15, 0.2) is 60.7 Å². The van der Waals surface area contributed by atoms with Crippen LogP contribution in [0.3, 0.4) is 0 Å². The third-order valence-corrected chi connectivity index (χ3v) is 1.96. The summed E-state index contributed by atoms with van der Waals surface area (Å²) in [5, 5.41) is 0. The Hall–Kier alpha value is -0.586. The summed E-state index contributed by atoms with van der Waals surface area (Å²) in [6.45, 7) is 11.7. The summed E-state index contributed by atoms with van der Waals surface area (Å²) in [4.78, 5) is 0. The molecule has 0 aliphatic carbocycles. The van der Waals surface area contributed by atoms with E-state index in [1.165, 1.54) is 0 Å². The van der Waals surface area contributed by atoms with Gasteiger partial charge in [0.15, 0.2) is 0 Å². The maximum atomic E-state index is 3.78. The van der Waals surface area contributed by atoms with Crippen molar-refractivity contribution in [3.8, 4) is 0 Å². The van der Waals surface area contributed by atoms with Crippen molar-refractivity contribution in [1.29, 1.82) is 0 Å². The molecule has 0 heterocycles. The molecule has 0 saturated carbocycles. The fraction of sp³-hybridized carbons (Fsp3) is 0.250. The van der Waals surface area contributed by atoms with E-state index in [9.17, 15) is 0 Å². The van der Waals surface area contributed by atoms with Crippen LogP contribution in [-0.2, 0) is 21.7 Å². The van der Waals surface area contributed by atoms with E-state index in [1.807, 2.05) is 67.6 Å². The zero-order valence-corrected chi connectivity index (χ0v) is 12.5. The molecule has 0 radical (unpaired) electrons. The van der Waals surface area contributed by atoms with Crippen molar-refractivity contribution in [2.24, 2.45) is 5.41 Å². The normalized spacial score (nSPS) is 8.94. The Labute approximate surface area is 122 Å². The molecule has 2 aromatic rings. The first-order chi connectivity index (χ1) is 7.56. The van der Waals surface area contributed by atoms with Crippen LogP contribution >= 0.6 is 0 Å². The molecule has 0 aliphatic rings. The molecule has 0 aliphatic heterocycles. The second-order valence-electron chi connectivity index (χ2n) is 4.09. The van der Waals surface area contributed by atoms with Crippen LogP contribution in [0.4, 0.5) is 0 Å². The maximum absolute atomic E-state index is 3.78. The first-order valence-electron chi connectivity index (χ1n) is 5.60. The van der Waals surface area contributed by atoms with Crippen molar-refractivity contribution in [1.82, 2.24) is 0 Å². The van der Waals surface area contributed by atoms with Gasteiger partial charge in [0.1, 0.15) is 0 Å². The first-order valence-corrected chi connectivity index (χ1v) is 5.60. The maximum Gasteiger partial charge on any atom is 4.00 e. The van der Waals surface area contributed by atoms with Gasteiger partial charge in [-0.3, -0.25) is 5.41 Å². The van der Waals surface area contributed by atoms with Gasteiger partial charge in [-0.15, -0.1) is 13.3 Å². The summed E-state index contributed by atoms with van der Waals surface area (Å²) < 4.78 is 0. The number of hydrogen-bond acceptors (Lipinski definition) is 0. The van der Waals surface area contributed by atoms with E-state index in [1.54, 1.807) is 0 Å². The van der Waals surface area contributed by atoms with Crippen LogP contribution in [0, 0.1) is 19.3 Å². The minimum atomic E-state index is 0. The van der Waals surface area contributed by atoms with Crippen LogP contribution in [0.25, 0.3) is 0 Å². The van der Waals surface area contributed by atoms with Gasteiger partial charge in [0.05, 0.1) is 0 Å². The molecule has 0 bridgehead atoms. The molecule has 0 N–H and O–H groups in total. The van der Waals surface area contributed by atoms with Gasteiger partial charge >= 0.3 is 21.7 Å². The molecule has 90 valence electrons. The van der Waals surface area contributed by atoms with Gasteiger partial charge in [-0.25, -0.2) is 24.3 Å². The van der Waals surface area contributed by atoms with Crippen molar-refractivity contribution in [3.05, 3.63) is 74.5 Å². The van der Waals surface area contributed by atoms with Gasteiger partial charge in [-0.05, 0) is 0 Å². The third-order valence-electron chi connectivity index (χ3n) is 1.96. The van der Waals surface area contributed by atoms with Crippen molar-refractivity contribution in [3.63, 3.8) is 0 Å². The summed E-state index contributed by atoms with van der Waals surface area (Å²) in [5.74, 6) is 0. The molecule has 0 aromatic heterocycles. The Morgan fingerprint density at radius 2 is 1.12 bits per heavy atom. The Morgan fingerprint density at radius 3 is 1.18 bits per heavy atom. The summed E-state index contributed by atoms with van der Waals surface area (Å²) in [5.41, 5.74) is 0.0417. The van der Waals surface area contributed by atoms with E-state index >= 15 is 0 Å². The monoisotopic (exact) mass is 262 g/mol. The molecule has 0 saturated heterocycles. The molecule has 0 atom stereocenters. The van der Waals surface area contributed by atoms with Crippen molar-refractivity contribution in [2.45, 2.75) is 20.3 Å². The molecule has 2 aromatic carbocycles. The Kier molecular flexibility index (Phi) is 13.1. The van der Waals surface area contributed by atoms with Gasteiger partial charge in [0.2, 0.25) is 0 Å². The minimum absolute atomic E-state index is 0. The van der Waals surface area contributed by atoms with E-state index in [2.05, 4.69) is 20.8 Å². The molecule has 0 spiro atoms. The second-order valence-corrected chi connectivity index (χ2v) is 4.09. The van der Waals surface area contributed by atoms with Gasteiger partial charge in [-0.1, -0.05) is 6.92 Å². The molecule has 0 fully saturated rings. The fourth-order valence-corrected chi connectivity index (χ4v) is 0.642.